The Kier molecular flexibility index (Phi) is 12.8. The van der Waals surface area contributed by atoms with Gasteiger partial charge in [-0.2, -0.15) is 15.3 Å². The second kappa shape index (κ2) is 23.1. The van der Waals surface area contributed by atoms with Crippen LogP contribution in [0.4, 0.5) is 0 Å². The molecule has 508 valence electrons. The summed E-state index contributed by atoms with van der Waals surface area (Å²) in [5, 5.41) is 47.5. The Morgan fingerprint density at radius 1 is 0.284 bits per heavy atom. The van der Waals surface area contributed by atoms with Gasteiger partial charge in [-0.15, -0.1) is 5.10 Å². The molecule has 23 aromatic rings. The van der Waals surface area contributed by atoms with Crippen LogP contribution in [0.15, 0.2) is 317 Å². The summed E-state index contributed by atoms with van der Waals surface area (Å²) in [5.74, 6) is 0.920. The zero-order chi connectivity index (χ0) is 71.7. The molecule has 2 N–H and O–H groups in total. The Morgan fingerprint density at radius 2 is 0.835 bits per heavy atom. The van der Waals surface area contributed by atoms with Crippen molar-refractivity contribution in [1.29, 1.82) is 10.8 Å². The lowest BCUT2D eigenvalue weighted by Gasteiger charge is -2.15. The Balaban J connectivity index is 0.699. The van der Waals surface area contributed by atoms with Crippen molar-refractivity contribution in [3.8, 4) is 78.6 Å². The molecule has 0 amide bonds. The smallest absolute Gasteiger partial charge is 0.204 e. The normalized spacial score (nSPS) is 12.1. The van der Waals surface area contributed by atoms with E-state index in [1.807, 2.05) is 42.9 Å². The highest BCUT2D eigenvalue weighted by atomic mass is 16.3. The third-order valence-corrected chi connectivity index (χ3v) is 22.1. The van der Waals surface area contributed by atoms with E-state index in [9.17, 15) is 0 Å². The van der Waals surface area contributed by atoms with Crippen LogP contribution < -0.4 is 0 Å². The average molecular weight is 1400 g/mol. The first kappa shape index (κ1) is 60.2. The Bertz CT molecular complexity index is 7810. The maximum atomic E-state index is 8.37. The van der Waals surface area contributed by atoms with Gasteiger partial charge >= 0.3 is 0 Å². The Morgan fingerprint density at radius 3 is 1.56 bits per heavy atom. The van der Waals surface area contributed by atoms with E-state index in [-0.39, 0.29) is 0 Å². The predicted molar refractivity (Wildman–Crippen MR) is 438 cm³/mol. The number of furan rings is 3. The molecule has 0 radical (unpaired) electrons. The average Bonchev–Trinajstić information content (AvgIpc) is 1.56. The van der Waals surface area contributed by atoms with E-state index in [2.05, 4.69) is 276 Å². The molecule has 0 saturated carbocycles. The van der Waals surface area contributed by atoms with Gasteiger partial charge in [-0.25, -0.2) is 0 Å². The van der Waals surface area contributed by atoms with Gasteiger partial charge in [-0.1, -0.05) is 140 Å². The fraction of sp³-hybridized carbons (Fsp3) is 0. The number of pyridine rings is 2. The topological polar surface area (TPSA) is 184 Å². The standard InChI is InChI=1S/C94H54N12O3/c95-46-74-71-38-55(24-31-88(71)107-90(74)47-96)59-35-58(53-13-3-1-4-14-53)36-63(37-59)105-83-29-26-61(103-80-20-10-8-18-65(80)75-48-97-34-33-85(75)103)43-69(83)70-44-62(27-30-84(70)105)104-81-21-11-9-19-66(81)76-49-98-79(45-87(76)104)57-23-28-67-64-17-7-12-22-82(64)106(86(67)42-57)94-93-78(51-101-102-94)72-39-56(25-32-89(72)108-93)68-40-60(54-15-5-2-6-16-54)41-73-77-50-99-100-52-91(77)109-92(68)73/h1-52,95-96H. The summed E-state index contributed by atoms with van der Waals surface area (Å²) in [6, 6.07) is 94.8. The van der Waals surface area contributed by atoms with Crippen LogP contribution in [-0.2, 0) is 0 Å². The number of aromatic nitrogens is 10. The van der Waals surface area contributed by atoms with Gasteiger partial charge in [0, 0.05) is 118 Å². The van der Waals surface area contributed by atoms with Crippen molar-refractivity contribution in [2.45, 2.75) is 0 Å². The molecule has 23 rings (SSSR count). The lowest BCUT2D eigenvalue weighted by molar-refractivity contribution is 0.607. The van der Waals surface area contributed by atoms with Gasteiger partial charge in [-0.3, -0.25) is 14.5 Å². The zero-order valence-corrected chi connectivity index (χ0v) is 57.7. The number of fused-ring (bicyclic) bond motifs is 19. The lowest BCUT2D eigenvalue weighted by Crippen LogP contribution is -1.99. The van der Waals surface area contributed by atoms with Crippen molar-refractivity contribution in [2.75, 3.05) is 0 Å². The van der Waals surface area contributed by atoms with Gasteiger partial charge in [0.25, 0.3) is 0 Å². The van der Waals surface area contributed by atoms with Crippen molar-refractivity contribution in [2.24, 2.45) is 0 Å². The number of hydrogen-bond donors (Lipinski definition) is 2. The van der Waals surface area contributed by atoms with E-state index in [0.717, 1.165) is 193 Å². The molecule has 0 aliphatic rings. The molecule has 0 saturated heterocycles. The molecular weight excluding hydrogens is 1350 g/mol. The van der Waals surface area contributed by atoms with E-state index in [0.29, 0.717) is 39.5 Å². The number of nitrogens with one attached hydrogen (secondary N) is 2. The van der Waals surface area contributed by atoms with Gasteiger partial charge in [0.15, 0.2) is 16.9 Å². The third kappa shape index (κ3) is 8.98. The molecule has 0 unspecified atom stereocenters. The molecule has 11 heterocycles. The van der Waals surface area contributed by atoms with Crippen molar-refractivity contribution < 1.29 is 13.3 Å². The molecule has 0 aliphatic carbocycles. The molecule has 0 aliphatic heterocycles. The summed E-state index contributed by atoms with van der Waals surface area (Å²) in [6.45, 7) is 0. The maximum Gasteiger partial charge on any atom is 0.204 e. The zero-order valence-electron chi connectivity index (χ0n) is 57.7. The van der Waals surface area contributed by atoms with Gasteiger partial charge < -0.3 is 37.8 Å². The maximum absolute atomic E-state index is 8.37. The van der Waals surface area contributed by atoms with Crippen molar-refractivity contribution in [3.05, 3.63) is 315 Å². The Labute approximate surface area is 617 Å². The molecule has 0 bridgehead atoms. The third-order valence-electron chi connectivity index (χ3n) is 22.1. The van der Waals surface area contributed by atoms with Crippen LogP contribution in [0.5, 0.6) is 0 Å². The molecule has 11 aromatic heterocycles. The van der Waals surface area contributed by atoms with Gasteiger partial charge in [0.1, 0.15) is 16.7 Å². The van der Waals surface area contributed by atoms with Gasteiger partial charge in [-0.05, 0) is 166 Å². The van der Waals surface area contributed by atoms with Crippen LogP contribution in [-0.4, -0.2) is 61.1 Å². The second-order valence-electron chi connectivity index (χ2n) is 27.9. The first-order valence-electron chi connectivity index (χ1n) is 36.0. The second-order valence-corrected chi connectivity index (χ2v) is 27.9. The van der Waals surface area contributed by atoms with E-state index in [1.165, 1.54) is 12.4 Å². The summed E-state index contributed by atoms with van der Waals surface area (Å²) in [6.07, 6.45) is 13.6. The largest absolute Gasteiger partial charge is 0.454 e. The van der Waals surface area contributed by atoms with Crippen LogP contribution in [0.25, 0.3) is 221 Å². The minimum absolute atomic E-state index is 0.353. The molecule has 12 aromatic carbocycles. The van der Waals surface area contributed by atoms with Crippen molar-refractivity contribution in [3.63, 3.8) is 0 Å². The quantitative estimate of drug-likeness (QED) is 0.119. The Hall–Kier alpha value is -15.2. The molecule has 0 fully saturated rings. The molecule has 15 nitrogen and oxygen atoms in total. The van der Waals surface area contributed by atoms with Crippen LogP contribution >= 0.6 is 0 Å². The van der Waals surface area contributed by atoms with Crippen LogP contribution in [0.3, 0.4) is 0 Å². The van der Waals surface area contributed by atoms with Gasteiger partial charge in [0.05, 0.1) is 85.4 Å². The number of para-hydroxylation sites is 3. The van der Waals surface area contributed by atoms with Gasteiger partial charge in [0.2, 0.25) is 5.82 Å². The minimum atomic E-state index is 0.353. The summed E-state index contributed by atoms with van der Waals surface area (Å²) in [4.78, 5) is 9.94. The highest BCUT2D eigenvalue weighted by Gasteiger charge is 2.26. The summed E-state index contributed by atoms with van der Waals surface area (Å²) < 4.78 is 29.0. The first-order chi connectivity index (χ1) is 53.9. The van der Waals surface area contributed by atoms with E-state index in [4.69, 9.17) is 39.3 Å². The molecule has 109 heavy (non-hydrogen) atoms. The van der Waals surface area contributed by atoms with Crippen molar-refractivity contribution in [1.82, 2.24) is 48.6 Å². The van der Waals surface area contributed by atoms with Crippen LogP contribution in [0.2, 0.25) is 0 Å². The minimum Gasteiger partial charge on any atom is -0.454 e. The monoisotopic (exact) mass is 1400 g/mol. The van der Waals surface area contributed by atoms with Crippen LogP contribution in [0, 0.1) is 10.8 Å². The van der Waals surface area contributed by atoms with E-state index >= 15 is 0 Å². The molecule has 0 spiro atoms. The molecule has 15 heteroatoms. The van der Waals surface area contributed by atoms with Crippen LogP contribution in [0.1, 0.15) is 11.3 Å². The number of nitrogens with zero attached hydrogens (tertiary/aromatic N) is 10. The van der Waals surface area contributed by atoms with Crippen molar-refractivity contribution >= 4 is 154 Å². The number of rotatable bonds is 11. The fourth-order valence-corrected chi connectivity index (χ4v) is 17.1. The summed E-state index contributed by atoms with van der Waals surface area (Å²) >= 11 is 0. The first-order valence-corrected chi connectivity index (χ1v) is 36.0. The SMILES string of the molecule is N=Cc1oc2ccc(-c3cc(-c4ccccc4)cc(-n4c5ccc(-n6c7ccccc7c7cnccc76)cc5c5cc(-n6c7ccccc7c7cnc(-c8ccc9c%10ccccc%10n(-c%10nncc%11c%10oc%10ccc(-c%12cc(-c%13ccccc%13)cc%13c%12oc%12cnncc%12%13)cc%10%11)c9c8)cc76)ccc54)c3)cc2c1C=N. The number of benzene rings is 12. The van der Waals surface area contributed by atoms with E-state index < -0.39 is 0 Å². The lowest BCUT2D eigenvalue weighted by atomic mass is 9.95. The predicted octanol–water partition coefficient (Wildman–Crippen LogP) is 23.3. The molecular formula is C94H54N12O3. The fourth-order valence-electron chi connectivity index (χ4n) is 17.1. The van der Waals surface area contributed by atoms with E-state index in [1.54, 1.807) is 18.6 Å². The number of hydrogen-bond acceptors (Lipinski definition) is 11. The summed E-state index contributed by atoms with van der Waals surface area (Å²) in [5.41, 5.74) is 24.9. The molecule has 0 atom stereocenters. The highest BCUT2D eigenvalue weighted by molar-refractivity contribution is 6.18. The summed E-state index contributed by atoms with van der Waals surface area (Å²) in [7, 11) is 0. The highest BCUT2D eigenvalue weighted by Crippen LogP contribution is 2.46.